The lowest BCUT2D eigenvalue weighted by Gasteiger charge is -2.06. The van der Waals surface area contributed by atoms with Crippen molar-refractivity contribution in [2.24, 2.45) is 0 Å². The Morgan fingerprint density at radius 3 is 2.59 bits per heavy atom. The number of rotatable bonds is 3. The topological polar surface area (TPSA) is 0 Å². The van der Waals surface area contributed by atoms with Gasteiger partial charge in [0.15, 0.2) is 0 Å². The van der Waals surface area contributed by atoms with E-state index in [9.17, 15) is 0 Å². The highest BCUT2D eigenvalue weighted by Crippen LogP contribution is 2.18. The van der Waals surface area contributed by atoms with Crippen LogP contribution in [-0.2, 0) is 0 Å². The Labute approximate surface area is 104 Å². The summed E-state index contributed by atoms with van der Waals surface area (Å²) < 4.78 is 0. The third kappa shape index (κ3) is 3.32. The van der Waals surface area contributed by atoms with Crippen LogP contribution in [-0.4, -0.2) is 0 Å². The fraction of sp³-hybridized carbons (Fsp3) is 0.176. The minimum absolute atomic E-state index is 1.08. The minimum atomic E-state index is 1.08. The van der Waals surface area contributed by atoms with Crippen molar-refractivity contribution in [2.45, 2.75) is 19.8 Å². The van der Waals surface area contributed by atoms with Crippen molar-refractivity contribution in [3.05, 3.63) is 77.4 Å². The van der Waals surface area contributed by atoms with Gasteiger partial charge in [-0.3, -0.25) is 0 Å². The third-order valence-corrected chi connectivity index (χ3v) is 2.92. The van der Waals surface area contributed by atoms with E-state index in [-0.39, 0.29) is 0 Å². The molecule has 0 nitrogen and oxygen atoms in total. The van der Waals surface area contributed by atoms with Gasteiger partial charge in [-0.25, -0.2) is 0 Å². The molecule has 1 aromatic carbocycles. The van der Waals surface area contributed by atoms with Gasteiger partial charge >= 0.3 is 0 Å². The maximum atomic E-state index is 4.10. The molecule has 0 bridgehead atoms. The quantitative estimate of drug-likeness (QED) is 0.642. The summed E-state index contributed by atoms with van der Waals surface area (Å²) in [6.07, 6.45) is 13.1. The lowest BCUT2D eigenvalue weighted by molar-refractivity contribution is 1.02. The van der Waals surface area contributed by atoms with Crippen LogP contribution in [0.4, 0.5) is 0 Å². The largest absolute Gasteiger partial charge is 0.0912 e. The third-order valence-electron chi connectivity index (χ3n) is 2.92. The van der Waals surface area contributed by atoms with Gasteiger partial charge in [-0.2, -0.15) is 0 Å². The normalized spacial score (nSPS) is 15.0. The van der Waals surface area contributed by atoms with Crippen molar-refractivity contribution in [1.82, 2.24) is 0 Å². The molecule has 0 aliphatic heterocycles. The van der Waals surface area contributed by atoms with Crippen molar-refractivity contribution >= 4 is 6.08 Å². The summed E-state index contributed by atoms with van der Waals surface area (Å²) in [4.78, 5) is 0. The van der Waals surface area contributed by atoms with Crippen LogP contribution in [0.5, 0.6) is 0 Å². The second kappa shape index (κ2) is 5.49. The Bertz CT molecular complexity index is 481. The first-order chi connectivity index (χ1) is 8.25. The van der Waals surface area contributed by atoms with E-state index < -0.39 is 0 Å². The van der Waals surface area contributed by atoms with Gasteiger partial charge in [0.25, 0.3) is 0 Å². The molecular formula is C17H18. The predicted molar refractivity (Wildman–Crippen MR) is 75.8 cm³/mol. The molecule has 0 heteroatoms. The van der Waals surface area contributed by atoms with Crippen LogP contribution in [0, 0.1) is 6.92 Å². The van der Waals surface area contributed by atoms with Crippen LogP contribution in [0.1, 0.15) is 24.0 Å². The number of aryl methyl sites for hydroxylation is 1. The molecule has 0 saturated heterocycles. The average molecular weight is 222 g/mol. The molecule has 1 aromatic rings. The molecule has 0 heterocycles. The second-order valence-corrected chi connectivity index (χ2v) is 4.41. The monoisotopic (exact) mass is 222 g/mol. The Hall–Kier alpha value is -1.82. The molecule has 1 aliphatic carbocycles. The summed E-state index contributed by atoms with van der Waals surface area (Å²) in [7, 11) is 0. The zero-order valence-electron chi connectivity index (χ0n) is 10.3. The van der Waals surface area contributed by atoms with Crippen LogP contribution in [0.2, 0.25) is 0 Å². The van der Waals surface area contributed by atoms with Crippen LogP contribution in [0.25, 0.3) is 6.08 Å². The van der Waals surface area contributed by atoms with E-state index >= 15 is 0 Å². The zero-order chi connectivity index (χ0) is 12.1. The Morgan fingerprint density at radius 2 is 1.94 bits per heavy atom. The van der Waals surface area contributed by atoms with Gasteiger partial charge in [0.1, 0.15) is 0 Å². The van der Waals surface area contributed by atoms with Crippen molar-refractivity contribution in [2.75, 3.05) is 0 Å². The summed E-state index contributed by atoms with van der Waals surface area (Å²) in [6.45, 7) is 6.21. The molecule has 17 heavy (non-hydrogen) atoms. The molecule has 0 N–H and O–H groups in total. The molecule has 0 unspecified atom stereocenters. The minimum Gasteiger partial charge on any atom is -0.0912 e. The molecule has 0 spiro atoms. The van der Waals surface area contributed by atoms with Crippen molar-refractivity contribution in [3.63, 3.8) is 0 Å². The molecular weight excluding hydrogens is 204 g/mol. The van der Waals surface area contributed by atoms with Crippen LogP contribution in [0.3, 0.4) is 0 Å². The zero-order valence-corrected chi connectivity index (χ0v) is 10.3. The SMILES string of the molecule is C=C(/C=C/c1ccc(C)cc1)C1=CCCC=C1. The standard InChI is InChI=1S/C17H18/c1-14-8-11-16(12-9-14)13-10-15(2)17-6-4-3-5-7-17/h4,6-13H,2-3,5H2,1H3/b13-10+. The maximum Gasteiger partial charge on any atom is -0.0233 e. The number of benzene rings is 1. The van der Waals surface area contributed by atoms with Crippen molar-refractivity contribution < 1.29 is 0 Å². The predicted octanol–water partition coefficient (Wildman–Crippen LogP) is 4.84. The first kappa shape index (κ1) is 11.7. The van der Waals surface area contributed by atoms with Gasteiger partial charge in [-0.15, -0.1) is 0 Å². The molecule has 0 amide bonds. The van der Waals surface area contributed by atoms with Gasteiger partial charge in [0.2, 0.25) is 0 Å². The molecule has 0 saturated carbocycles. The lowest BCUT2D eigenvalue weighted by Crippen LogP contribution is -1.86. The lowest BCUT2D eigenvalue weighted by atomic mass is 10.00. The van der Waals surface area contributed by atoms with Crippen LogP contribution >= 0.6 is 0 Å². The van der Waals surface area contributed by atoms with E-state index in [1.807, 2.05) is 0 Å². The Kier molecular flexibility index (Phi) is 3.77. The first-order valence-electron chi connectivity index (χ1n) is 6.06. The Balaban J connectivity index is 2.05. The van der Waals surface area contributed by atoms with Gasteiger partial charge in [-0.1, -0.05) is 66.8 Å². The van der Waals surface area contributed by atoms with Gasteiger partial charge in [-0.05, 0) is 36.5 Å². The summed E-state index contributed by atoms with van der Waals surface area (Å²) in [6, 6.07) is 8.51. The average Bonchev–Trinajstić information content (AvgIpc) is 2.39. The van der Waals surface area contributed by atoms with E-state index in [0.717, 1.165) is 18.4 Å². The molecule has 0 radical (unpaired) electrons. The molecule has 86 valence electrons. The fourth-order valence-corrected chi connectivity index (χ4v) is 1.82. The Morgan fingerprint density at radius 1 is 1.18 bits per heavy atom. The number of allylic oxidation sites excluding steroid dienone is 6. The highest BCUT2D eigenvalue weighted by atomic mass is 14.0. The fourth-order valence-electron chi connectivity index (χ4n) is 1.82. The van der Waals surface area contributed by atoms with E-state index in [1.165, 1.54) is 16.7 Å². The summed E-state index contributed by atoms with van der Waals surface area (Å²) >= 11 is 0. The highest BCUT2D eigenvalue weighted by molar-refractivity contribution is 5.58. The van der Waals surface area contributed by atoms with Crippen molar-refractivity contribution in [3.8, 4) is 0 Å². The summed E-state index contributed by atoms with van der Waals surface area (Å²) in [5.41, 5.74) is 4.84. The van der Waals surface area contributed by atoms with Crippen LogP contribution in [0.15, 0.2) is 66.3 Å². The molecule has 0 fully saturated rings. The van der Waals surface area contributed by atoms with Crippen LogP contribution < -0.4 is 0 Å². The molecule has 0 aromatic heterocycles. The maximum absolute atomic E-state index is 4.10. The number of hydrogen-bond acceptors (Lipinski definition) is 0. The van der Waals surface area contributed by atoms with Crippen molar-refractivity contribution in [1.29, 1.82) is 0 Å². The van der Waals surface area contributed by atoms with E-state index in [2.05, 4.69) is 68.1 Å². The summed E-state index contributed by atoms with van der Waals surface area (Å²) in [5.74, 6) is 0. The van der Waals surface area contributed by atoms with Gasteiger partial charge < -0.3 is 0 Å². The highest BCUT2D eigenvalue weighted by Gasteiger charge is 1.98. The second-order valence-electron chi connectivity index (χ2n) is 4.41. The molecule has 2 rings (SSSR count). The molecule has 1 aliphatic rings. The smallest absolute Gasteiger partial charge is 0.0233 e. The summed E-state index contributed by atoms with van der Waals surface area (Å²) in [5, 5.41) is 0. The van der Waals surface area contributed by atoms with E-state index in [4.69, 9.17) is 0 Å². The van der Waals surface area contributed by atoms with Gasteiger partial charge in [0, 0.05) is 0 Å². The molecule has 0 atom stereocenters. The van der Waals surface area contributed by atoms with Gasteiger partial charge in [0.05, 0.1) is 0 Å². The van der Waals surface area contributed by atoms with E-state index in [0.29, 0.717) is 0 Å². The first-order valence-corrected chi connectivity index (χ1v) is 6.06. The number of hydrogen-bond donors (Lipinski definition) is 0. The van der Waals surface area contributed by atoms with E-state index in [1.54, 1.807) is 0 Å².